The molecule has 0 unspecified atom stereocenters. The van der Waals surface area contributed by atoms with E-state index in [0.717, 1.165) is 11.8 Å². The molecule has 1 fully saturated rings. The third kappa shape index (κ3) is 5.78. The van der Waals surface area contributed by atoms with Gasteiger partial charge in [0.1, 0.15) is 29.4 Å². The molecule has 27 heavy (non-hydrogen) atoms. The average molecular weight is 400 g/mol. The summed E-state index contributed by atoms with van der Waals surface area (Å²) in [5.41, 5.74) is -1.15. The Labute approximate surface area is 161 Å². The standard InChI is InChI=1S/C17H24N2O7S/c1-10(21)25-11-7-14(26-12(11)8-20)19-6-5-13(18-16(19)23)27-9-24-15(22)17(2,3)4/h5-6,11-12,14,20H,7-9H2,1-4H3/t11-,12+,14+/m0/s1. The maximum Gasteiger partial charge on any atom is 0.350 e. The lowest BCUT2D eigenvalue weighted by Crippen LogP contribution is -2.29. The molecular weight excluding hydrogens is 376 g/mol. The molecule has 3 atom stereocenters. The molecule has 1 N–H and O–H groups in total. The summed E-state index contributed by atoms with van der Waals surface area (Å²) in [5.74, 6) is -0.771. The molecule has 10 heteroatoms. The van der Waals surface area contributed by atoms with E-state index in [2.05, 4.69) is 4.98 Å². The number of ether oxygens (including phenoxy) is 3. The maximum atomic E-state index is 12.3. The lowest BCUT2D eigenvalue weighted by Gasteiger charge is -2.16. The highest BCUT2D eigenvalue weighted by Crippen LogP contribution is 2.30. The quantitative estimate of drug-likeness (QED) is 0.324. The number of aliphatic hydroxyl groups is 1. The largest absolute Gasteiger partial charge is 0.460 e. The highest BCUT2D eigenvalue weighted by Gasteiger charge is 2.38. The number of aromatic nitrogens is 2. The summed E-state index contributed by atoms with van der Waals surface area (Å²) in [6.07, 6.45) is -0.267. The molecule has 0 aliphatic carbocycles. The molecule has 1 aromatic rings. The van der Waals surface area contributed by atoms with Gasteiger partial charge in [-0.25, -0.2) is 4.79 Å². The van der Waals surface area contributed by atoms with Crippen LogP contribution in [0.5, 0.6) is 0 Å². The van der Waals surface area contributed by atoms with E-state index in [4.69, 9.17) is 14.2 Å². The van der Waals surface area contributed by atoms with E-state index >= 15 is 0 Å². The SMILES string of the molecule is CC(=O)O[C@H]1C[C@H](n2ccc(SCOC(=O)C(C)(C)C)nc2=O)O[C@@H]1CO. The first-order valence-electron chi connectivity index (χ1n) is 8.44. The number of aliphatic hydroxyl groups excluding tert-OH is 1. The zero-order valence-corrected chi connectivity index (χ0v) is 16.5. The summed E-state index contributed by atoms with van der Waals surface area (Å²) in [6.45, 7) is 6.20. The number of esters is 2. The minimum Gasteiger partial charge on any atom is -0.460 e. The molecule has 2 heterocycles. The maximum absolute atomic E-state index is 12.3. The van der Waals surface area contributed by atoms with E-state index in [1.165, 1.54) is 17.7 Å². The summed E-state index contributed by atoms with van der Waals surface area (Å²) in [4.78, 5) is 39.1. The van der Waals surface area contributed by atoms with Crippen LogP contribution in [-0.4, -0.2) is 51.3 Å². The van der Waals surface area contributed by atoms with Crippen LogP contribution in [0.3, 0.4) is 0 Å². The normalized spacial score (nSPS) is 22.5. The van der Waals surface area contributed by atoms with Gasteiger partial charge in [0.05, 0.1) is 12.0 Å². The fourth-order valence-electron chi connectivity index (χ4n) is 2.43. The van der Waals surface area contributed by atoms with Crippen molar-refractivity contribution in [1.29, 1.82) is 0 Å². The van der Waals surface area contributed by atoms with Gasteiger partial charge in [-0.3, -0.25) is 14.2 Å². The van der Waals surface area contributed by atoms with Gasteiger partial charge >= 0.3 is 17.6 Å². The summed E-state index contributed by atoms with van der Waals surface area (Å²) in [7, 11) is 0. The van der Waals surface area contributed by atoms with Gasteiger partial charge in [-0.15, -0.1) is 0 Å². The van der Waals surface area contributed by atoms with Crippen molar-refractivity contribution in [3.8, 4) is 0 Å². The van der Waals surface area contributed by atoms with Crippen molar-refractivity contribution in [3.05, 3.63) is 22.7 Å². The molecule has 1 aromatic heterocycles. The van der Waals surface area contributed by atoms with Gasteiger partial charge in [0.15, 0.2) is 0 Å². The molecule has 0 saturated carbocycles. The van der Waals surface area contributed by atoms with Crippen LogP contribution in [-0.2, 0) is 23.8 Å². The first-order valence-corrected chi connectivity index (χ1v) is 9.43. The zero-order valence-electron chi connectivity index (χ0n) is 15.7. The van der Waals surface area contributed by atoms with E-state index in [0.29, 0.717) is 5.03 Å². The lowest BCUT2D eigenvalue weighted by molar-refractivity contribution is -0.151. The van der Waals surface area contributed by atoms with Crippen molar-refractivity contribution in [2.45, 2.75) is 57.6 Å². The predicted octanol–water partition coefficient (Wildman–Crippen LogP) is 1.09. The van der Waals surface area contributed by atoms with Gasteiger partial charge in [0.2, 0.25) is 0 Å². The molecule has 0 spiro atoms. The Balaban J connectivity index is 1.99. The minimum absolute atomic E-state index is 0.0492. The Morgan fingerprint density at radius 2 is 2.15 bits per heavy atom. The highest BCUT2D eigenvalue weighted by molar-refractivity contribution is 7.99. The molecule has 2 rings (SSSR count). The van der Waals surface area contributed by atoms with Crippen LogP contribution in [0, 0.1) is 5.41 Å². The summed E-state index contributed by atoms with van der Waals surface area (Å²) in [6, 6.07) is 1.60. The van der Waals surface area contributed by atoms with Crippen LogP contribution in [0.25, 0.3) is 0 Å². The van der Waals surface area contributed by atoms with Crippen LogP contribution in [0.4, 0.5) is 0 Å². The van der Waals surface area contributed by atoms with Gasteiger partial charge in [-0.05, 0) is 26.8 Å². The third-order valence-corrected chi connectivity index (χ3v) is 4.56. The van der Waals surface area contributed by atoms with Crippen LogP contribution >= 0.6 is 11.8 Å². The molecule has 0 aromatic carbocycles. The molecular formula is C17H24N2O7S. The summed E-state index contributed by atoms with van der Waals surface area (Å²) >= 11 is 1.13. The van der Waals surface area contributed by atoms with Gasteiger partial charge in [0.25, 0.3) is 0 Å². The van der Waals surface area contributed by atoms with Crippen LogP contribution < -0.4 is 5.69 Å². The Morgan fingerprint density at radius 3 is 2.70 bits per heavy atom. The smallest absolute Gasteiger partial charge is 0.350 e. The molecule has 1 saturated heterocycles. The molecule has 0 bridgehead atoms. The van der Waals surface area contributed by atoms with Crippen molar-refractivity contribution < 1.29 is 28.9 Å². The Hall–Kier alpha value is -1.91. The fraction of sp³-hybridized carbons (Fsp3) is 0.647. The molecule has 9 nitrogen and oxygen atoms in total. The Kier molecular flexibility index (Phi) is 7.01. The van der Waals surface area contributed by atoms with E-state index in [1.54, 1.807) is 26.8 Å². The lowest BCUT2D eigenvalue weighted by atomic mass is 9.98. The van der Waals surface area contributed by atoms with Gasteiger partial charge < -0.3 is 19.3 Å². The second-order valence-electron chi connectivity index (χ2n) is 7.09. The number of rotatable bonds is 6. The molecule has 1 aliphatic rings. The van der Waals surface area contributed by atoms with Crippen molar-refractivity contribution >= 4 is 23.7 Å². The van der Waals surface area contributed by atoms with E-state index in [9.17, 15) is 19.5 Å². The molecule has 1 aliphatic heterocycles. The number of carbonyl (C=O) groups excluding carboxylic acids is 2. The number of hydrogen-bond donors (Lipinski definition) is 1. The molecule has 0 amide bonds. The summed E-state index contributed by atoms with van der Waals surface area (Å²) < 4.78 is 17.1. The van der Waals surface area contributed by atoms with Crippen molar-refractivity contribution in [2.24, 2.45) is 5.41 Å². The summed E-state index contributed by atoms with van der Waals surface area (Å²) in [5, 5.41) is 9.77. The molecule has 0 radical (unpaired) electrons. The van der Waals surface area contributed by atoms with E-state index in [-0.39, 0.29) is 24.9 Å². The van der Waals surface area contributed by atoms with Crippen molar-refractivity contribution in [2.75, 3.05) is 12.5 Å². The third-order valence-electron chi connectivity index (χ3n) is 3.80. The number of thioether (sulfide) groups is 1. The first kappa shape index (κ1) is 21.4. The zero-order chi connectivity index (χ0) is 20.2. The van der Waals surface area contributed by atoms with Gasteiger partial charge in [-0.2, -0.15) is 4.98 Å². The topological polar surface area (TPSA) is 117 Å². The minimum atomic E-state index is -0.698. The number of nitrogens with zero attached hydrogens (tertiary/aromatic N) is 2. The second-order valence-corrected chi connectivity index (χ2v) is 8.04. The predicted molar refractivity (Wildman–Crippen MR) is 95.9 cm³/mol. The fourth-order valence-corrected chi connectivity index (χ4v) is 3.02. The first-order chi connectivity index (χ1) is 12.6. The number of carbonyl (C=O) groups is 2. The van der Waals surface area contributed by atoms with E-state index in [1.807, 2.05) is 0 Å². The Morgan fingerprint density at radius 1 is 1.44 bits per heavy atom. The van der Waals surface area contributed by atoms with Gasteiger partial charge in [-0.1, -0.05) is 11.8 Å². The van der Waals surface area contributed by atoms with Crippen LogP contribution in [0.1, 0.15) is 40.3 Å². The number of hydrogen-bond acceptors (Lipinski definition) is 9. The molecule has 150 valence electrons. The van der Waals surface area contributed by atoms with Crippen molar-refractivity contribution in [3.63, 3.8) is 0 Å². The van der Waals surface area contributed by atoms with Gasteiger partial charge in [0, 0.05) is 19.5 Å². The monoisotopic (exact) mass is 400 g/mol. The van der Waals surface area contributed by atoms with E-state index < -0.39 is 35.5 Å². The second kappa shape index (κ2) is 8.85. The van der Waals surface area contributed by atoms with Crippen LogP contribution in [0.15, 0.2) is 22.1 Å². The highest BCUT2D eigenvalue weighted by atomic mass is 32.2. The average Bonchev–Trinajstić information content (AvgIpc) is 2.95. The van der Waals surface area contributed by atoms with Crippen molar-refractivity contribution in [1.82, 2.24) is 9.55 Å². The van der Waals surface area contributed by atoms with Crippen LogP contribution in [0.2, 0.25) is 0 Å². The Bertz CT molecular complexity index is 744.